The van der Waals surface area contributed by atoms with Gasteiger partial charge in [0.15, 0.2) is 0 Å². The van der Waals surface area contributed by atoms with Crippen LogP contribution in [0.5, 0.6) is 0 Å². The molecule has 2 heterocycles. The Balaban J connectivity index is 1.39. The molecule has 2 aliphatic heterocycles. The molecule has 0 spiro atoms. The SMILES string of the molecule is O=C(C1CC1)N1CCC(C(=O)N2CCC[C@H]2c2cccc(F)c2)CC1. The Hall–Kier alpha value is -1.91. The first-order valence-corrected chi connectivity index (χ1v) is 9.48. The lowest BCUT2D eigenvalue weighted by Crippen LogP contribution is -2.44. The molecule has 25 heavy (non-hydrogen) atoms. The second-order valence-corrected chi connectivity index (χ2v) is 7.62. The van der Waals surface area contributed by atoms with Crippen molar-refractivity contribution in [1.29, 1.82) is 0 Å². The van der Waals surface area contributed by atoms with Gasteiger partial charge in [0, 0.05) is 31.5 Å². The van der Waals surface area contributed by atoms with Gasteiger partial charge in [-0.25, -0.2) is 4.39 Å². The van der Waals surface area contributed by atoms with Crippen LogP contribution < -0.4 is 0 Å². The molecule has 0 unspecified atom stereocenters. The Bertz CT molecular complexity index is 665. The molecule has 0 radical (unpaired) electrons. The maximum absolute atomic E-state index is 13.6. The minimum atomic E-state index is -0.247. The highest BCUT2D eigenvalue weighted by atomic mass is 19.1. The Labute approximate surface area is 148 Å². The smallest absolute Gasteiger partial charge is 0.226 e. The van der Waals surface area contributed by atoms with E-state index in [-0.39, 0.29) is 35.5 Å². The molecule has 0 bridgehead atoms. The minimum absolute atomic E-state index is 0.00240. The number of carbonyl (C=O) groups excluding carboxylic acids is 2. The summed E-state index contributed by atoms with van der Waals surface area (Å²) in [7, 11) is 0. The van der Waals surface area contributed by atoms with Crippen LogP contribution in [-0.2, 0) is 9.59 Å². The monoisotopic (exact) mass is 344 g/mol. The lowest BCUT2D eigenvalue weighted by Gasteiger charge is -2.35. The third-order valence-electron chi connectivity index (χ3n) is 5.85. The maximum atomic E-state index is 13.6. The molecule has 1 aliphatic carbocycles. The van der Waals surface area contributed by atoms with Crippen molar-refractivity contribution in [2.24, 2.45) is 11.8 Å². The van der Waals surface area contributed by atoms with Crippen molar-refractivity contribution in [3.63, 3.8) is 0 Å². The minimum Gasteiger partial charge on any atom is -0.342 e. The van der Waals surface area contributed by atoms with E-state index in [1.807, 2.05) is 15.9 Å². The summed E-state index contributed by atoms with van der Waals surface area (Å²) in [5.74, 6) is 0.472. The van der Waals surface area contributed by atoms with Gasteiger partial charge in [-0.1, -0.05) is 12.1 Å². The molecule has 1 atom stereocenters. The van der Waals surface area contributed by atoms with Crippen molar-refractivity contribution < 1.29 is 14.0 Å². The Morgan fingerprint density at radius 1 is 0.920 bits per heavy atom. The third-order valence-corrected chi connectivity index (χ3v) is 5.85. The molecule has 3 aliphatic rings. The molecule has 0 aromatic heterocycles. The van der Waals surface area contributed by atoms with Crippen molar-refractivity contribution >= 4 is 11.8 Å². The van der Waals surface area contributed by atoms with Crippen molar-refractivity contribution in [2.75, 3.05) is 19.6 Å². The zero-order valence-corrected chi connectivity index (χ0v) is 14.5. The van der Waals surface area contributed by atoms with Gasteiger partial charge in [0.05, 0.1) is 6.04 Å². The number of nitrogens with zero attached hydrogens (tertiary/aromatic N) is 2. The molecule has 4 nitrogen and oxygen atoms in total. The first-order valence-electron chi connectivity index (χ1n) is 9.48. The average Bonchev–Trinajstić information content (AvgIpc) is 3.37. The lowest BCUT2D eigenvalue weighted by molar-refractivity contribution is -0.142. The Morgan fingerprint density at radius 3 is 2.32 bits per heavy atom. The maximum Gasteiger partial charge on any atom is 0.226 e. The molecular weight excluding hydrogens is 319 g/mol. The molecule has 2 saturated heterocycles. The van der Waals surface area contributed by atoms with Crippen LogP contribution in [0.25, 0.3) is 0 Å². The van der Waals surface area contributed by atoms with Crippen LogP contribution in [0.3, 0.4) is 0 Å². The topological polar surface area (TPSA) is 40.6 Å². The van der Waals surface area contributed by atoms with Gasteiger partial charge in [0.25, 0.3) is 0 Å². The van der Waals surface area contributed by atoms with Gasteiger partial charge in [0.2, 0.25) is 11.8 Å². The van der Waals surface area contributed by atoms with Gasteiger partial charge >= 0.3 is 0 Å². The number of halogens is 1. The van der Waals surface area contributed by atoms with Crippen LogP contribution in [0, 0.1) is 17.7 Å². The number of rotatable bonds is 3. The van der Waals surface area contributed by atoms with Crippen LogP contribution in [0.15, 0.2) is 24.3 Å². The predicted octanol–water partition coefficient (Wildman–Crippen LogP) is 3.14. The van der Waals surface area contributed by atoms with Gasteiger partial charge in [0.1, 0.15) is 5.82 Å². The Morgan fingerprint density at radius 2 is 1.64 bits per heavy atom. The highest BCUT2D eigenvalue weighted by Gasteiger charge is 2.38. The number of amides is 2. The number of hydrogen-bond acceptors (Lipinski definition) is 2. The first kappa shape index (κ1) is 16.6. The third kappa shape index (κ3) is 3.42. The molecule has 3 fully saturated rings. The lowest BCUT2D eigenvalue weighted by atomic mass is 9.94. The van der Waals surface area contributed by atoms with Crippen LogP contribution in [-0.4, -0.2) is 41.2 Å². The number of benzene rings is 1. The molecule has 4 rings (SSSR count). The van der Waals surface area contributed by atoms with E-state index in [4.69, 9.17) is 0 Å². The fourth-order valence-electron chi connectivity index (χ4n) is 4.26. The van der Waals surface area contributed by atoms with E-state index in [1.165, 1.54) is 6.07 Å². The quantitative estimate of drug-likeness (QED) is 0.845. The average molecular weight is 344 g/mol. The summed E-state index contributed by atoms with van der Waals surface area (Å²) in [6, 6.07) is 6.61. The molecular formula is C20H25FN2O2. The second-order valence-electron chi connectivity index (χ2n) is 7.62. The predicted molar refractivity (Wildman–Crippen MR) is 92.1 cm³/mol. The van der Waals surface area contributed by atoms with E-state index < -0.39 is 0 Å². The molecule has 5 heteroatoms. The summed E-state index contributed by atoms with van der Waals surface area (Å²) in [6.07, 6.45) is 5.43. The van der Waals surface area contributed by atoms with E-state index in [0.717, 1.165) is 50.6 Å². The fraction of sp³-hybridized carbons (Fsp3) is 0.600. The van der Waals surface area contributed by atoms with Gasteiger partial charge < -0.3 is 9.80 Å². The summed E-state index contributed by atoms with van der Waals surface area (Å²) in [5, 5.41) is 0. The zero-order chi connectivity index (χ0) is 17.4. The summed E-state index contributed by atoms with van der Waals surface area (Å²) in [6.45, 7) is 2.15. The molecule has 1 aromatic carbocycles. The van der Waals surface area contributed by atoms with Crippen molar-refractivity contribution in [2.45, 2.75) is 44.6 Å². The van der Waals surface area contributed by atoms with Gasteiger partial charge in [-0.15, -0.1) is 0 Å². The molecule has 1 saturated carbocycles. The number of carbonyl (C=O) groups is 2. The van der Waals surface area contributed by atoms with E-state index >= 15 is 0 Å². The number of hydrogen-bond donors (Lipinski definition) is 0. The largest absolute Gasteiger partial charge is 0.342 e. The highest BCUT2D eigenvalue weighted by Crippen LogP contribution is 2.36. The van der Waals surface area contributed by atoms with E-state index in [2.05, 4.69) is 0 Å². The van der Waals surface area contributed by atoms with Crippen molar-refractivity contribution in [3.05, 3.63) is 35.6 Å². The molecule has 1 aromatic rings. The van der Waals surface area contributed by atoms with E-state index in [9.17, 15) is 14.0 Å². The van der Waals surface area contributed by atoms with Gasteiger partial charge in [-0.2, -0.15) is 0 Å². The van der Waals surface area contributed by atoms with E-state index in [1.54, 1.807) is 12.1 Å². The first-order chi connectivity index (χ1) is 12.1. The van der Waals surface area contributed by atoms with Crippen LogP contribution in [0.1, 0.15) is 50.1 Å². The summed E-state index contributed by atoms with van der Waals surface area (Å²) < 4.78 is 13.6. The van der Waals surface area contributed by atoms with Gasteiger partial charge in [-0.3, -0.25) is 9.59 Å². The van der Waals surface area contributed by atoms with E-state index in [0.29, 0.717) is 13.1 Å². The van der Waals surface area contributed by atoms with Crippen molar-refractivity contribution in [1.82, 2.24) is 9.80 Å². The highest BCUT2D eigenvalue weighted by molar-refractivity contribution is 5.82. The summed E-state index contributed by atoms with van der Waals surface area (Å²) in [5.41, 5.74) is 0.896. The Kier molecular flexibility index (Phi) is 4.48. The van der Waals surface area contributed by atoms with Crippen molar-refractivity contribution in [3.8, 4) is 0 Å². The molecule has 2 amide bonds. The van der Waals surface area contributed by atoms with Crippen LogP contribution >= 0.6 is 0 Å². The number of piperidine rings is 1. The van der Waals surface area contributed by atoms with Gasteiger partial charge in [-0.05, 0) is 56.2 Å². The van der Waals surface area contributed by atoms with Crippen LogP contribution in [0.2, 0.25) is 0 Å². The number of likely N-dealkylation sites (tertiary alicyclic amines) is 2. The molecule has 0 N–H and O–H groups in total. The standard InChI is InChI=1S/C20H25FN2O2/c21-17-4-1-3-16(13-17)18-5-2-10-23(18)20(25)15-8-11-22(12-9-15)19(24)14-6-7-14/h1,3-4,13-15,18H,2,5-12H2/t18-/m0/s1. The van der Waals surface area contributed by atoms with Crippen LogP contribution in [0.4, 0.5) is 4.39 Å². The normalized spacial score (nSPS) is 24.6. The summed E-state index contributed by atoms with van der Waals surface area (Å²) >= 11 is 0. The molecule has 134 valence electrons. The fourth-order valence-corrected chi connectivity index (χ4v) is 4.26. The summed E-state index contributed by atoms with van der Waals surface area (Å²) in [4.78, 5) is 29.1. The second kappa shape index (κ2) is 6.77. The zero-order valence-electron chi connectivity index (χ0n) is 14.5.